The Bertz CT molecular complexity index is 1650. The fourth-order valence-corrected chi connectivity index (χ4v) is 11.3. The van der Waals surface area contributed by atoms with E-state index in [1.807, 2.05) is 0 Å². The zero-order valence-electron chi connectivity index (χ0n) is 50.7. The monoisotopic (exact) mass is 1200 g/mol. The largest absolute Gasteiger partial charge is 0.394 e. The number of hydrogen-bond donors (Lipinski definition) is 14. The molecule has 22 heteroatoms. The molecule has 0 bridgehead atoms. The van der Waals surface area contributed by atoms with Crippen molar-refractivity contribution in [2.45, 2.75) is 349 Å². The van der Waals surface area contributed by atoms with Crippen LogP contribution < -0.4 is 5.32 Å². The minimum Gasteiger partial charge on any atom is -0.394 e. The molecule has 0 aromatic carbocycles. The quantitative estimate of drug-likeness (QED) is 0.0305. The van der Waals surface area contributed by atoms with Gasteiger partial charge in [-0.1, -0.05) is 207 Å². The molecule has 22 nitrogen and oxygen atoms in total. The van der Waals surface area contributed by atoms with Crippen LogP contribution in [0.4, 0.5) is 0 Å². The second kappa shape index (κ2) is 43.1. The normalized spacial score (nSPS) is 30.5. The van der Waals surface area contributed by atoms with Gasteiger partial charge in [0.25, 0.3) is 5.91 Å². The second-order valence-corrected chi connectivity index (χ2v) is 24.4. The van der Waals surface area contributed by atoms with Crippen molar-refractivity contribution in [1.29, 1.82) is 0 Å². The van der Waals surface area contributed by atoms with Gasteiger partial charge in [-0.15, -0.1) is 0 Å². The lowest BCUT2D eigenvalue weighted by Gasteiger charge is -2.49. The van der Waals surface area contributed by atoms with E-state index in [9.17, 15) is 76.0 Å². The lowest BCUT2D eigenvalue weighted by atomic mass is 9.96. The first-order valence-electron chi connectivity index (χ1n) is 32.2. The van der Waals surface area contributed by atoms with Gasteiger partial charge in [-0.25, -0.2) is 0 Å². The van der Waals surface area contributed by atoms with Crippen molar-refractivity contribution in [2.24, 2.45) is 5.92 Å². The molecule has 3 fully saturated rings. The highest BCUT2D eigenvalue weighted by Crippen LogP contribution is 2.34. The van der Waals surface area contributed by atoms with E-state index in [4.69, 9.17) is 28.4 Å². The van der Waals surface area contributed by atoms with Crippen LogP contribution in [-0.2, 0) is 38.0 Å². The van der Waals surface area contributed by atoms with Crippen molar-refractivity contribution < 1.29 is 104 Å². The van der Waals surface area contributed by atoms with Gasteiger partial charge >= 0.3 is 0 Å². The van der Waals surface area contributed by atoms with Crippen molar-refractivity contribution in [2.75, 3.05) is 19.8 Å². The third-order valence-corrected chi connectivity index (χ3v) is 16.8. The van der Waals surface area contributed by atoms with Crippen LogP contribution in [0.3, 0.4) is 0 Å². The molecule has 3 aliphatic rings. The Morgan fingerprint density at radius 2 is 0.880 bits per heavy atom. The van der Waals surface area contributed by atoms with E-state index in [1.165, 1.54) is 110 Å². The van der Waals surface area contributed by atoms with Crippen LogP contribution in [0, 0.1) is 5.92 Å². The SMILES string of the molecule is CCCCCCCCCCCCCCCCCCCCCCC(O)C(=O)C(O)C(=O)NC(COC1OC(CO)C(OC2OC(CO)C(O)C(O)C2O)C(OC2OC(C)C(O)C(O)C2O)C1O)C(O)C(O)CCCCCCCCCCC(C)C. The third-order valence-electron chi connectivity index (χ3n) is 16.8. The van der Waals surface area contributed by atoms with E-state index >= 15 is 0 Å². The molecule has 3 saturated heterocycles. The third kappa shape index (κ3) is 27.3. The van der Waals surface area contributed by atoms with Gasteiger partial charge in [-0.2, -0.15) is 0 Å². The number of rotatable bonds is 47. The van der Waals surface area contributed by atoms with E-state index < -0.39 is 154 Å². The fourth-order valence-electron chi connectivity index (χ4n) is 11.3. The molecule has 0 aliphatic carbocycles. The number of amides is 1. The van der Waals surface area contributed by atoms with Crippen LogP contribution in [0.1, 0.15) is 227 Å². The predicted octanol–water partition coefficient (Wildman–Crippen LogP) is 3.75. The van der Waals surface area contributed by atoms with Crippen LogP contribution in [0.15, 0.2) is 0 Å². The van der Waals surface area contributed by atoms with E-state index in [-0.39, 0.29) is 12.8 Å². The van der Waals surface area contributed by atoms with Crippen LogP contribution in [-0.4, -0.2) is 220 Å². The molecular formula is C61H115NO21. The summed E-state index contributed by atoms with van der Waals surface area (Å²) in [5, 5.41) is 143. The molecule has 3 heterocycles. The van der Waals surface area contributed by atoms with Crippen molar-refractivity contribution in [3.05, 3.63) is 0 Å². The summed E-state index contributed by atoms with van der Waals surface area (Å²) >= 11 is 0. The predicted molar refractivity (Wildman–Crippen MR) is 308 cm³/mol. The number of aliphatic hydroxyl groups is 13. The number of Topliss-reactive ketones (excluding diaryl/α,β-unsaturated/α-hetero) is 1. The van der Waals surface area contributed by atoms with Crippen LogP contribution in [0.2, 0.25) is 0 Å². The summed E-state index contributed by atoms with van der Waals surface area (Å²) in [4.78, 5) is 26.9. The molecule has 0 saturated carbocycles. The van der Waals surface area contributed by atoms with Gasteiger partial charge in [-0.05, 0) is 25.7 Å². The highest BCUT2D eigenvalue weighted by atomic mass is 16.8. The summed E-state index contributed by atoms with van der Waals surface area (Å²) < 4.78 is 34.9. The molecule has 0 spiro atoms. The Balaban J connectivity index is 1.63. The van der Waals surface area contributed by atoms with Gasteiger partial charge in [0.1, 0.15) is 79.4 Å². The smallest absolute Gasteiger partial charge is 0.257 e. The standard InChI is InChI=1S/C61H115NO21/c1-5-6-7-8-9-10-11-12-13-14-15-16-17-18-19-20-21-25-29-32-35-43(66)48(69)52(73)58(77)62-41(47(68)42(65)34-31-28-26-23-22-24-27-30-33-39(2)3)38-78-59-55(76)57(83-60-53(74)50(71)46(67)40(4)79-60)56(45(37-64)81-59)82-61-54(75)51(72)49(70)44(36-63)80-61/h39-47,49-57,59-61,63-68,70-76H,5-38H2,1-4H3,(H,62,77). The van der Waals surface area contributed by atoms with Crippen molar-refractivity contribution in [1.82, 2.24) is 5.32 Å². The molecule has 0 aromatic heterocycles. The van der Waals surface area contributed by atoms with Crippen molar-refractivity contribution in [3.8, 4) is 0 Å². The van der Waals surface area contributed by atoms with Gasteiger partial charge in [-0.3, -0.25) is 9.59 Å². The summed E-state index contributed by atoms with van der Waals surface area (Å²) in [5.74, 6) is -1.82. The maximum absolute atomic E-state index is 13.6. The number of carbonyl (C=O) groups excluding carboxylic acids is 2. The lowest BCUT2D eigenvalue weighted by molar-refractivity contribution is -0.386. The number of hydrogen-bond acceptors (Lipinski definition) is 21. The first-order valence-corrected chi connectivity index (χ1v) is 32.2. The van der Waals surface area contributed by atoms with Crippen molar-refractivity contribution >= 4 is 11.7 Å². The van der Waals surface area contributed by atoms with Crippen LogP contribution in [0.5, 0.6) is 0 Å². The Morgan fingerprint density at radius 1 is 0.470 bits per heavy atom. The minimum atomic E-state index is -2.39. The number of aliphatic hydroxyl groups excluding tert-OH is 13. The molecule has 83 heavy (non-hydrogen) atoms. The Morgan fingerprint density at radius 3 is 1.35 bits per heavy atom. The molecule has 3 rings (SSSR count). The molecule has 490 valence electrons. The summed E-state index contributed by atoms with van der Waals surface area (Å²) in [7, 11) is 0. The highest BCUT2D eigenvalue weighted by Gasteiger charge is 2.54. The maximum Gasteiger partial charge on any atom is 0.257 e. The molecule has 1 amide bonds. The van der Waals surface area contributed by atoms with Crippen LogP contribution in [0.25, 0.3) is 0 Å². The first kappa shape index (κ1) is 75.6. The number of carbonyl (C=O) groups is 2. The summed E-state index contributed by atoms with van der Waals surface area (Å²) in [6, 6.07) is -1.63. The Labute approximate surface area is 494 Å². The fraction of sp³-hybridized carbons (Fsp3) is 0.967. The second-order valence-electron chi connectivity index (χ2n) is 24.4. The van der Waals surface area contributed by atoms with E-state index in [0.717, 1.165) is 70.6 Å². The molecule has 0 radical (unpaired) electrons. The number of ketones is 1. The molecule has 14 N–H and O–H groups in total. The highest BCUT2D eigenvalue weighted by molar-refractivity contribution is 6.05. The number of nitrogens with one attached hydrogen (secondary N) is 1. The Kier molecular flexibility index (Phi) is 39.3. The molecular weight excluding hydrogens is 1080 g/mol. The van der Waals surface area contributed by atoms with Gasteiger partial charge < -0.3 is 100 Å². The molecule has 3 aliphatic heterocycles. The topological polar surface area (TPSA) is 365 Å². The summed E-state index contributed by atoms with van der Waals surface area (Å²) in [6.45, 7) is 5.43. The van der Waals surface area contributed by atoms with Gasteiger partial charge in [0.2, 0.25) is 0 Å². The zero-order chi connectivity index (χ0) is 61.3. The number of unbranched alkanes of at least 4 members (excludes halogenated alkanes) is 26. The number of ether oxygens (including phenoxy) is 6. The maximum atomic E-state index is 13.6. The zero-order valence-corrected chi connectivity index (χ0v) is 50.7. The first-order chi connectivity index (χ1) is 39.8. The summed E-state index contributed by atoms with van der Waals surface area (Å²) in [6.07, 6.45) is -1.02. The Hall–Kier alpha value is -1.62. The van der Waals surface area contributed by atoms with Gasteiger partial charge in [0.05, 0.1) is 38.1 Å². The van der Waals surface area contributed by atoms with Crippen molar-refractivity contribution in [3.63, 3.8) is 0 Å². The van der Waals surface area contributed by atoms with E-state index in [0.29, 0.717) is 18.8 Å². The minimum absolute atomic E-state index is 0.00276. The van der Waals surface area contributed by atoms with Gasteiger partial charge in [0.15, 0.2) is 30.8 Å². The average Bonchev–Trinajstić information content (AvgIpc) is 2.77. The van der Waals surface area contributed by atoms with E-state index in [1.54, 1.807) is 0 Å². The van der Waals surface area contributed by atoms with E-state index in [2.05, 4.69) is 26.1 Å². The molecule has 0 aromatic rings. The summed E-state index contributed by atoms with van der Waals surface area (Å²) in [5.41, 5.74) is 0. The lowest BCUT2D eigenvalue weighted by Crippen LogP contribution is -2.67. The molecule has 20 unspecified atom stereocenters. The average molecular weight is 1200 g/mol. The van der Waals surface area contributed by atoms with Crippen LogP contribution >= 0.6 is 0 Å². The van der Waals surface area contributed by atoms with Gasteiger partial charge in [0, 0.05) is 0 Å². The molecule has 20 atom stereocenters.